The van der Waals surface area contributed by atoms with E-state index in [1.54, 1.807) is 24.3 Å². The standard InChI is InChI=1S/C12H9N3O4/c13-9-7(10(16)15-12(18)14-9)8-5-3-1-2-4-6(5)11(17)19-8/h1-4,8H,(H4,13,14,15,16,18)/t8-/m1/s1. The lowest BCUT2D eigenvalue weighted by atomic mass is 10.0. The minimum Gasteiger partial charge on any atom is -0.449 e. The van der Waals surface area contributed by atoms with Gasteiger partial charge in [0.1, 0.15) is 11.4 Å². The molecule has 7 nitrogen and oxygen atoms in total. The summed E-state index contributed by atoms with van der Waals surface area (Å²) in [7, 11) is 0. The number of H-pyrrole nitrogens is 2. The Morgan fingerprint density at radius 3 is 2.58 bits per heavy atom. The fourth-order valence-electron chi connectivity index (χ4n) is 2.13. The minimum atomic E-state index is -0.899. The number of rotatable bonds is 1. The Labute approximate surface area is 106 Å². The van der Waals surface area contributed by atoms with Crippen molar-refractivity contribution in [1.29, 1.82) is 0 Å². The van der Waals surface area contributed by atoms with Crippen LogP contribution in [0.25, 0.3) is 0 Å². The molecule has 0 unspecified atom stereocenters. The number of fused-ring (bicyclic) bond motifs is 1. The van der Waals surface area contributed by atoms with E-state index < -0.39 is 23.3 Å². The summed E-state index contributed by atoms with van der Waals surface area (Å²) in [4.78, 5) is 38.9. The molecule has 0 aliphatic carbocycles. The monoisotopic (exact) mass is 259 g/mol. The number of nitrogens with one attached hydrogen (secondary N) is 2. The van der Waals surface area contributed by atoms with Gasteiger partial charge in [-0.25, -0.2) is 9.59 Å². The van der Waals surface area contributed by atoms with Gasteiger partial charge in [0.2, 0.25) is 0 Å². The molecular formula is C12H9N3O4. The summed E-state index contributed by atoms with van der Waals surface area (Å²) in [6, 6.07) is 6.70. The van der Waals surface area contributed by atoms with E-state index in [1.165, 1.54) is 0 Å². The zero-order valence-corrected chi connectivity index (χ0v) is 9.60. The van der Waals surface area contributed by atoms with Crippen molar-refractivity contribution in [2.45, 2.75) is 6.10 Å². The number of cyclic esters (lactones) is 1. The van der Waals surface area contributed by atoms with Gasteiger partial charge in [0.25, 0.3) is 5.56 Å². The van der Waals surface area contributed by atoms with Crippen LogP contribution in [0.15, 0.2) is 33.9 Å². The molecule has 96 valence electrons. The first-order chi connectivity index (χ1) is 9.08. The largest absolute Gasteiger partial charge is 0.449 e. The van der Waals surface area contributed by atoms with Crippen LogP contribution < -0.4 is 17.0 Å². The number of carbonyl (C=O) groups excluding carboxylic acids is 1. The van der Waals surface area contributed by atoms with Gasteiger partial charge in [-0.3, -0.25) is 14.8 Å². The molecule has 0 radical (unpaired) electrons. The number of aromatic nitrogens is 2. The molecule has 0 bridgehead atoms. The lowest BCUT2D eigenvalue weighted by molar-refractivity contribution is 0.0454. The third-order valence-electron chi connectivity index (χ3n) is 2.96. The summed E-state index contributed by atoms with van der Waals surface area (Å²) in [5, 5.41) is 0. The van der Waals surface area contributed by atoms with Crippen LogP contribution in [-0.4, -0.2) is 15.9 Å². The first kappa shape index (κ1) is 11.3. The Bertz CT molecular complexity index is 790. The molecule has 0 spiro atoms. The van der Waals surface area contributed by atoms with Crippen molar-refractivity contribution in [2.24, 2.45) is 0 Å². The molecule has 2 heterocycles. The van der Waals surface area contributed by atoms with Crippen LogP contribution >= 0.6 is 0 Å². The number of esters is 1. The van der Waals surface area contributed by atoms with Gasteiger partial charge in [-0.15, -0.1) is 0 Å². The maximum absolute atomic E-state index is 11.8. The van der Waals surface area contributed by atoms with Gasteiger partial charge in [-0.2, -0.15) is 0 Å². The van der Waals surface area contributed by atoms with Crippen molar-refractivity contribution >= 4 is 11.8 Å². The Morgan fingerprint density at radius 1 is 1.11 bits per heavy atom. The van der Waals surface area contributed by atoms with Gasteiger partial charge < -0.3 is 10.5 Å². The zero-order valence-electron chi connectivity index (χ0n) is 9.60. The number of hydrogen-bond acceptors (Lipinski definition) is 5. The molecule has 1 aromatic carbocycles. The molecule has 1 atom stereocenters. The predicted octanol–water partition coefficient (Wildman–Crippen LogP) is -0.0948. The number of ether oxygens (including phenoxy) is 1. The highest BCUT2D eigenvalue weighted by Crippen LogP contribution is 2.35. The second-order valence-electron chi connectivity index (χ2n) is 4.11. The van der Waals surface area contributed by atoms with Crippen molar-refractivity contribution < 1.29 is 9.53 Å². The topological polar surface area (TPSA) is 118 Å². The van der Waals surface area contributed by atoms with E-state index in [9.17, 15) is 14.4 Å². The van der Waals surface area contributed by atoms with Crippen molar-refractivity contribution in [1.82, 2.24) is 9.97 Å². The SMILES string of the molecule is Nc1[nH]c(=O)[nH]c(=O)c1[C@@H]1OC(=O)c2ccccc21. The highest BCUT2D eigenvalue weighted by Gasteiger charge is 2.35. The molecule has 1 aromatic heterocycles. The molecule has 3 rings (SSSR count). The minimum absolute atomic E-state index is 0.0258. The molecule has 4 N–H and O–H groups in total. The number of nitrogen functional groups attached to an aromatic ring is 1. The first-order valence-corrected chi connectivity index (χ1v) is 5.50. The van der Waals surface area contributed by atoms with E-state index in [-0.39, 0.29) is 11.4 Å². The molecule has 7 heteroatoms. The summed E-state index contributed by atoms with van der Waals surface area (Å²) in [5.74, 6) is -0.631. The van der Waals surface area contributed by atoms with E-state index in [4.69, 9.17) is 10.5 Å². The zero-order chi connectivity index (χ0) is 13.6. The highest BCUT2D eigenvalue weighted by atomic mass is 16.5. The molecule has 0 saturated carbocycles. The average Bonchev–Trinajstić information content (AvgIpc) is 2.67. The van der Waals surface area contributed by atoms with Crippen LogP contribution in [0, 0.1) is 0 Å². The highest BCUT2D eigenvalue weighted by molar-refractivity contribution is 5.94. The van der Waals surface area contributed by atoms with Gasteiger partial charge in [0.15, 0.2) is 6.10 Å². The number of aromatic amines is 2. The molecule has 0 saturated heterocycles. The molecule has 0 amide bonds. The van der Waals surface area contributed by atoms with Crippen molar-refractivity contribution in [3.05, 3.63) is 61.8 Å². The van der Waals surface area contributed by atoms with Gasteiger partial charge in [-0.05, 0) is 6.07 Å². The lowest BCUT2D eigenvalue weighted by Gasteiger charge is -2.11. The van der Waals surface area contributed by atoms with Crippen LogP contribution in [-0.2, 0) is 4.74 Å². The number of carbonyl (C=O) groups is 1. The maximum Gasteiger partial charge on any atom is 0.339 e. The van der Waals surface area contributed by atoms with Crippen LogP contribution in [0.4, 0.5) is 5.82 Å². The van der Waals surface area contributed by atoms with Crippen molar-refractivity contribution in [2.75, 3.05) is 5.73 Å². The average molecular weight is 259 g/mol. The predicted molar refractivity (Wildman–Crippen MR) is 65.8 cm³/mol. The van der Waals surface area contributed by atoms with E-state index in [2.05, 4.69) is 9.97 Å². The summed E-state index contributed by atoms with van der Waals surface area (Å²) in [6.45, 7) is 0. The molecule has 19 heavy (non-hydrogen) atoms. The van der Waals surface area contributed by atoms with Gasteiger partial charge in [-0.1, -0.05) is 18.2 Å². The number of hydrogen-bond donors (Lipinski definition) is 3. The van der Waals surface area contributed by atoms with Crippen molar-refractivity contribution in [3.63, 3.8) is 0 Å². The Balaban J connectivity index is 2.24. The van der Waals surface area contributed by atoms with Gasteiger partial charge in [0, 0.05) is 5.56 Å². The van der Waals surface area contributed by atoms with Crippen LogP contribution in [0.5, 0.6) is 0 Å². The van der Waals surface area contributed by atoms with Gasteiger partial charge in [0.05, 0.1) is 5.56 Å². The normalized spacial score (nSPS) is 17.1. The second kappa shape index (κ2) is 3.84. The van der Waals surface area contributed by atoms with E-state index in [1.807, 2.05) is 0 Å². The molecule has 2 aromatic rings. The van der Waals surface area contributed by atoms with E-state index in [0.717, 1.165) is 0 Å². The van der Waals surface area contributed by atoms with Gasteiger partial charge >= 0.3 is 11.7 Å². The number of benzene rings is 1. The fraction of sp³-hybridized carbons (Fsp3) is 0.0833. The van der Waals surface area contributed by atoms with Crippen LogP contribution in [0.2, 0.25) is 0 Å². The first-order valence-electron chi connectivity index (χ1n) is 5.50. The van der Waals surface area contributed by atoms with E-state index >= 15 is 0 Å². The van der Waals surface area contributed by atoms with Crippen LogP contribution in [0.3, 0.4) is 0 Å². The van der Waals surface area contributed by atoms with Crippen molar-refractivity contribution in [3.8, 4) is 0 Å². The Kier molecular flexibility index (Phi) is 2.28. The number of nitrogens with two attached hydrogens (primary N) is 1. The molecule has 1 aliphatic rings. The Hall–Kier alpha value is -2.83. The third kappa shape index (κ3) is 1.63. The maximum atomic E-state index is 11.8. The van der Waals surface area contributed by atoms with E-state index in [0.29, 0.717) is 11.1 Å². The summed E-state index contributed by atoms with van der Waals surface area (Å²) >= 11 is 0. The third-order valence-corrected chi connectivity index (χ3v) is 2.96. The number of anilines is 1. The summed E-state index contributed by atoms with van der Waals surface area (Å²) in [6.07, 6.45) is -0.899. The molecule has 0 fully saturated rings. The Morgan fingerprint density at radius 2 is 1.84 bits per heavy atom. The quantitative estimate of drug-likeness (QED) is 0.618. The molecule has 1 aliphatic heterocycles. The second-order valence-corrected chi connectivity index (χ2v) is 4.11. The fourth-order valence-corrected chi connectivity index (χ4v) is 2.13. The lowest BCUT2D eigenvalue weighted by Crippen LogP contribution is -2.29. The summed E-state index contributed by atoms with van der Waals surface area (Å²) < 4.78 is 5.16. The smallest absolute Gasteiger partial charge is 0.339 e. The molecular weight excluding hydrogens is 250 g/mol. The summed E-state index contributed by atoms with van der Waals surface area (Å²) in [5.41, 5.74) is 5.23. The van der Waals surface area contributed by atoms with Crippen LogP contribution in [0.1, 0.15) is 27.6 Å².